The van der Waals surface area contributed by atoms with Gasteiger partial charge >= 0.3 is 5.97 Å². The van der Waals surface area contributed by atoms with Gasteiger partial charge in [-0.15, -0.1) is 0 Å². The molecule has 1 fully saturated rings. The zero-order valence-electron chi connectivity index (χ0n) is 11.3. The van der Waals surface area contributed by atoms with E-state index in [9.17, 15) is 4.79 Å². The molecule has 3 nitrogen and oxygen atoms in total. The molecule has 0 amide bonds. The standard InChI is InChI=1S/C15H21NO2/c1-10-5-4-6-11(2)14(10)16-12(3)15(17)18-9-13-7-8-13/h4-6,12-13,16H,7-9H2,1-3H3/t12-/m0/s1. The van der Waals surface area contributed by atoms with Gasteiger partial charge < -0.3 is 10.1 Å². The number of anilines is 1. The molecular formula is C15H21NO2. The van der Waals surface area contributed by atoms with Gasteiger partial charge in [-0.25, -0.2) is 4.79 Å². The third kappa shape index (κ3) is 3.25. The summed E-state index contributed by atoms with van der Waals surface area (Å²) in [6.45, 7) is 6.51. The Morgan fingerprint density at radius 3 is 2.56 bits per heavy atom. The fraction of sp³-hybridized carbons (Fsp3) is 0.533. The van der Waals surface area contributed by atoms with Crippen LogP contribution in [-0.4, -0.2) is 18.6 Å². The van der Waals surface area contributed by atoms with Gasteiger partial charge in [0.15, 0.2) is 0 Å². The molecule has 1 aliphatic rings. The second-order valence-corrected chi connectivity index (χ2v) is 5.21. The molecular weight excluding hydrogens is 226 g/mol. The van der Waals surface area contributed by atoms with Crippen LogP contribution in [0, 0.1) is 19.8 Å². The summed E-state index contributed by atoms with van der Waals surface area (Å²) in [6, 6.07) is 5.80. The Bertz CT molecular complexity index is 418. The van der Waals surface area contributed by atoms with Crippen LogP contribution in [0.4, 0.5) is 5.69 Å². The van der Waals surface area contributed by atoms with Crippen molar-refractivity contribution in [3.05, 3.63) is 29.3 Å². The van der Waals surface area contributed by atoms with Crippen molar-refractivity contribution >= 4 is 11.7 Å². The molecule has 1 saturated carbocycles. The minimum Gasteiger partial charge on any atom is -0.464 e. The van der Waals surface area contributed by atoms with E-state index in [4.69, 9.17) is 4.74 Å². The third-order valence-corrected chi connectivity index (χ3v) is 3.35. The lowest BCUT2D eigenvalue weighted by Crippen LogP contribution is -2.29. The van der Waals surface area contributed by atoms with Crippen molar-refractivity contribution in [3.8, 4) is 0 Å². The van der Waals surface area contributed by atoms with Gasteiger partial charge in [-0.1, -0.05) is 18.2 Å². The minimum atomic E-state index is -0.302. The number of ether oxygens (including phenoxy) is 1. The van der Waals surface area contributed by atoms with Crippen LogP contribution in [0.25, 0.3) is 0 Å². The highest BCUT2D eigenvalue weighted by molar-refractivity contribution is 5.79. The molecule has 3 heteroatoms. The number of esters is 1. The number of hydrogen-bond acceptors (Lipinski definition) is 3. The Hall–Kier alpha value is -1.51. The molecule has 0 heterocycles. The molecule has 0 saturated heterocycles. The molecule has 0 aromatic heterocycles. The van der Waals surface area contributed by atoms with Gasteiger partial charge in [0.2, 0.25) is 0 Å². The Labute approximate surface area is 109 Å². The lowest BCUT2D eigenvalue weighted by atomic mass is 10.1. The van der Waals surface area contributed by atoms with Gasteiger partial charge in [0.1, 0.15) is 6.04 Å². The Kier molecular flexibility index (Phi) is 3.90. The maximum absolute atomic E-state index is 11.8. The number of carbonyl (C=O) groups excluding carboxylic acids is 1. The molecule has 0 bridgehead atoms. The van der Waals surface area contributed by atoms with Crippen molar-refractivity contribution in [3.63, 3.8) is 0 Å². The predicted octanol–water partition coefficient (Wildman–Crippen LogP) is 3.06. The van der Waals surface area contributed by atoms with E-state index in [0.29, 0.717) is 12.5 Å². The second kappa shape index (κ2) is 5.42. The molecule has 1 aromatic rings. The SMILES string of the molecule is Cc1cccc(C)c1N[C@@H](C)C(=O)OCC1CC1. The minimum absolute atomic E-state index is 0.162. The van der Waals surface area contributed by atoms with Gasteiger partial charge in [0.05, 0.1) is 6.61 Å². The molecule has 1 aromatic carbocycles. The Morgan fingerprint density at radius 1 is 1.39 bits per heavy atom. The average molecular weight is 247 g/mol. The number of nitrogens with one attached hydrogen (secondary N) is 1. The summed E-state index contributed by atoms with van der Waals surface area (Å²) in [5.41, 5.74) is 3.34. The second-order valence-electron chi connectivity index (χ2n) is 5.21. The van der Waals surface area contributed by atoms with Crippen LogP contribution in [-0.2, 0) is 9.53 Å². The van der Waals surface area contributed by atoms with Crippen LogP contribution in [0.3, 0.4) is 0 Å². The highest BCUT2D eigenvalue weighted by Crippen LogP contribution is 2.29. The average Bonchev–Trinajstić information content (AvgIpc) is 3.14. The van der Waals surface area contributed by atoms with E-state index in [2.05, 4.69) is 5.32 Å². The van der Waals surface area contributed by atoms with E-state index in [1.54, 1.807) is 0 Å². The number of carbonyl (C=O) groups is 1. The molecule has 0 unspecified atom stereocenters. The largest absolute Gasteiger partial charge is 0.464 e. The molecule has 0 aliphatic heterocycles. The van der Waals surface area contributed by atoms with Gasteiger partial charge in [-0.2, -0.15) is 0 Å². The number of rotatable bonds is 5. The van der Waals surface area contributed by atoms with E-state index >= 15 is 0 Å². The maximum Gasteiger partial charge on any atom is 0.328 e. The first kappa shape index (κ1) is 12.9. The summed E-state index contributed by atoms with van der Waals surface area (Å²) < 4.78 is 5.28. The van der Waals surface area contributed by atoms with Gasteiger partial charge in [-0.05, 0) is 50.7 Å². The Morgan fingerprint density at radius 2 is 2.00 bits per heavy atom. The first-order valence-electron chi connectivity index (χ1n) is 6.57. The van der Waals surface area contributed by atoms with Crippen molar-refractivity contribution < 1.29 is 9.53 Å². The number of hydrogen-bond donors (Lipinski definition) is 1. The van der Waals surface area contributed by atoms with Crippen molar-refractivity contribution in [1.82, 2.24) is 0 Å². The van der Waals surface area contributed by atoms with Crippen LogP contribution < -0.4 is 5.32 Å². The van der Waals surface area contributed by atoms with E-state index in [1.165, 1.54) is 12.8 Å². The van der Waals surface area contributed by atoms with Crippen LogP contribution in [0.5, 0.6) is 0 Å². The lowest BCUT2D eigenvalue weighted by molar-refractivity contribution is -0.144. The van der Waals surface area contributed by atoms with Gasteiger partial charge in [-0.3, -0.25) is 0 Å². The number of para-hydroxylation sites is 1. The number of aryl methyl sites for hydroxylation is 2. The molecule has 0 spiro atoms. The van der Waals surface area contributed by atoms with Crippen molar-refractivity contribution in [1.29, 1.82) is 0 Å². The van der Waals surface area contributed by atoms with E-state index in [-0.39, 0.29) is 12.0 Å². The molecule has 0 radical (unpaired) electrons. The molecule has 1 atom stereocenters. The molecule has 18 heavy (non-hydrogen) atoms. The predicted molar refractivity (Wildman–Crippen MR) is 72.7 cm³/mol. The topological polar surface area (TPSA) is 38.3 Å². The first-order chi connectivity index (χ1) is 8.58. The van der Waals surface area contributed by atoms with E-state index in [1.807, 2.05) is 39.0 Å². The highest BCUT2D eigenvalue weighted by atomic mass is 16.5. The summed E-state index contributed by atoms with van der Waals surface area (Å²) in [5.74, 6) is 0.450. The maximum atomic E-state index is 11.8. The smallest absolute Gasteiger partial charge is 0.328 e. The fourth-order valence-electron chi connectivity index (χ4n) is 1.93. The van der Waals surface area contributed by atoms with Crippen LogP contribution >= 0.6 is 0 Å². The van der Waals surface area contributed by atoms with Crippen LogP contribution in [0.1, 0.15) is 30.9 Å². The monoisotopic (exact) mass is 247 g/mol. The summed E-state index contributed by atoms with van der Waals surface area (Å²) in [5, 5.41) is 3.25. The number of benzene rings is 1. The lowest BCUT2D eigenvalue weighted by Gasteiger charge is -2.18. The summed E-state index contributed by atoms with van der Waals surface area (Å²) in [6.07, 6.45) is 2.40. The van der Waals surface area contributed by atoms with E-state index < -0.39 is 0 Å². The summed E-state index contributed by atoms with van der Waals surface area (Å²) >= 11 is 0. The zero-order valence-corrected chi connectivity index (χ0v) is 11.3. The molecule has 98 valence electrons. The Balaban J connectivity index is 1.92. The molecule has 1 aliphatic carbocycles. The highest BCUT2D eigenvalue weighted by Gasteiger charge is 2.24. The first-order valence-corrected chi connectivity index (χ1v) is 6.57. The zero-order chi connectivity index (χ0) is 13.1. The van der Waals surface area contributed by atoms with Crippen molar-refractivity contribution in [2.45, 2.75) is 39.7 Å². The normalized spacial score (nSPS) is 16.2. The third-order valence-electron chi connectivity index (χ3n) is 3.35. The van der Waals surface area contributed by atoms with Crippen molar-refractivity contribution in [2.75, 3.05) is 11.9 Å². The van der Waals surface area contributed by atoms with Crippen LogP contribution in [0.2, 0.25) is 0 Å². The van der Waals surface area contributed by atoms with Crippen LogP contribution in [0.15, 0.2) is 18.2 Å². The van der Waals surface area contributed by atoms with Crippen molar-refractivity contribution in [2.24, 2.45) is 5.92 Å². The fourth-order valence-corrected chi connectivity index (χ4v) is 1.93. The quantitative estimate of drug-likeness (QED) is 0.813. The molecule has 2 rings (SSSR count). The van der Waals surface area contributed by atoms with E-state index in [0.717, 1.165) is 16.8 Å². The van der Waals surface area contributed by atoms with Gasteiger partial charge in [0, 0.05) is 5.69 Å². The molecule has 1 N–H and O–H groups in total. The van der Waals surface area contributed by atoms with Gasteiger partial charge in [0.25, 0.3) is 0 Å². The summed E-state index contributed by atoms with van der Waals surface area (Å²) in [7, 11) is 0. The summed E-state index contributed by atoms with van der Waals surface area (Å²) in [4.78, 5) is 11.8.